The lowest BCUT2D eigenvalue weighted by Crippen LogP contribution is -2.49. The highest BCUT2D eigenvalue weighted by Crippen LogP contribution is 2.26. The van der Waals surface area contributed by atoms with E-state index < -0.39 is 6.10 Å². The number of carbonyl (C=O) groups is 1. The molecule has 0 saturated carbocycles. The Bertz CT molecular complexity index is 663. The maximum atomic E-state index is 12.8. The number of thiophene rings is 1. The van der Waals surface area contributed by atoms with E-state index in [4.69, 9.17) is 10.5 Å². The number of hydrogen-bond acceptors (Lipinski definition) is 5. The summed E-state index contributed by atoms with van der Waals surface area (Å²) in [6.07, 6.45) is -0.0979. The van der Waals surface area contributed by atoms with Crippen LogP contribution in [0.25, 0.3) is 0 Å². The van der Waals surface area contributed by atoms with Gasteiger partial charge in [0.15, 0.2) is 0 Å². The van der Waals surface area contributed by atoms with Gasteiger partial charge in [-0.3, -0.25) is 4.79 Å². The van der Waals surface area contributed by atoms with Gasteiger partial charge in [0.25, 0.3) is 5.91 Å². The summed E-state index contributed by atoms with van der Waals surface area (Å²) in [7, 11) is 0. The van der Waals surface area contributed by atoms with Crippen molar-refractivity contribution in [1.29, 1.82) is 0 Å². The van der Waals surface area contributed by atoms with E-state index in [9.17, 15) is 9.90 Å². The van der Waals surface area contributed by atoms with E-state index in [0.29, 0.717) is 38.3 Å². The van der Waals surface area contributed by atoms with E-state index >= 15 is 0 Å². The van der Waals surface area contributed by atoms with Crippen molar-refractivity contribution in [3.63, 3.8) is 0 Å². The van der Waals surface area contributed by atoms with Gasteiger partial charge in [-0.05, 0) is 29.1 Å². The van der Waals surface area contributed by atoms with E-state index in [-0.39, 0.29) is 24.4 Å². The Morgan fingerprint density at radius 3 is 2.76 bits per heavy atom. The third-order valence-corrected chi connectivity index (χ3v) is 5.27. The highest BCUT2D eigenvalue weighted by molar-refractivity contribution is 7.10. The number of halogens is 1. The van der Waals surface area contributed by atoms with E-state index in [1.165, 1.54) is 11.3 Å². The number of nitrogens with two attached hydrogens (primary N) is 1. The summed E-state index contributed by atoms with van der Waals surface area (Å²) in [5.74, 6) is -0.0229. The van der Waals surface area contributed by atoms with Crippen LogP contribution in [0.5, 0.6) is 0 Å². The van der Waals surface area contributed by atoms with Gasteiger partial charge in [0.1, 0.15) is 0 Å². The maximum Gasteiger partial charge on any atom is 0.254 e. The number of rotatable bonds is 5. The molecule has 1 aliphatic rings. The van der Waals surface area contributed by atoms with Gasteiger partial charge in [0.2, 0.25) is 0 Å². The van der Waals surface area contributed by atoms with Crippen LogP contribution < -0.4 is 5.73 Å². The Kier molecular flexibility index (Phi) is 7.40. The first-order valence-electron chi connectivity index (χ1n) is 8.08. The molecule has 1 fully saturated rings. The van der Waals surface area contributed by atoms with Crippen LogP contribution in [0.3, 0.4) is 0 Å². The Morgan fingerprint density at radius 2 is 2.12 bits per heavy atom. The Hall–Kier alpha value is -1.44. The lowest BCUT2D eigenvalue weighted by Gasteiger charge is -2.36. The lowest BCUT2D eigenvalue weighted by molar-refractivity contribution is -0.0170. The molecule has 2 unspecified atom stereocenters. The third kappa shape index (κ3) is 4.80. The Morgan fingerprint density at radius 1 is 1.36 bits per heavy atom. The summed E-state index contributed by atoms with van der Waals surface area (Å²) in [6, 6.07) is 11.1. The lowest BCUT2D eigenvalue weighted by atomic mass is 10.0. The van der Waals surface area contributed by atoms with Crippen LogP contribution >= 0.6 is 23.7 Å². The van der Waals surface area contributed by atoms with E-state index in [1.807, 2.05) is 46.7 Å². The average molecular weight is 383 g/mol. The predicted molar refractivity (Wildman–Crippen MR) is 101 cm³/mol. The van der Waals surface area contributed by atoms with Gasteiger partial charge in [-0.1, -0.05) is 18.2 Å². The van der Waals surface area contributed by atoms with Crippen LogP contribution in [-0.4, -0.2) is 41.7 Å². The normalized spacial score (nSPS) is 18.5. The smallest absolute Gasteiger partial charge is 0.254 e. The molecule has 0 aliphatic carbocycles. The van der Waals surface area contributed by atoms with Crippen molar-refractivity contribution in [2.75, 3.05) is 19.8 Å². The number of amides is 1. The molecule has 5 nitrogen and oxygen atoms in total. The first-order chi connectivity index (χ1) is 11.7. The van der Waals surface area contributed by atoms with Crippen LogP contribution in [0.2, 0.25) is 0 Å². The van der Waals surface area contributed by atoms with Crippen LogP contribution in [0, 0.1) is 0 Å². The number of nitrogens with zero attached hydrogens (tertiary/aromatic N) is 1. The van der Waals surface area contributed by atoms with Crippen LogP contribution in [0.4, 0.5) is 0 Å². The largest absolute Gasteiger partial charge is 0.387 e. The fourth-order valence-corrected chi connectivity index (χ4v) is 3.65. The van der Waals surface area contributed by atoms with Crippen molar-refractivity contribution in [2.45, 2.75) is 25.1 Å². The van der Waals surface area contributed by atoms with Gasteiger partial charge in [-0.2, -0.15) is 0 Å². The number of aliphatic hydroxyl groups excluding tert-OH is 1. The van der Waals surface area contributed by atoms with Crippen molar-refractivity contribution in [1.82, 2.24) is 4.90 Å². The fraction of sp³-hybridized carbons (Fsp3) is 0.389. The predicted octanol–water partition coefficient (Wildman–Crippen LogP) is 2.59. The number of ether oxygens (including phenoxy) is 1. The highest BCUT2D eigenvalue weighted by atomic mass is 35.5. The molecule has 1 amide bonds. The average Bonchev–Trinajstić information content (AvgIpc) is 3.16. The topological polar surface area (TPSA) is 75.8 Å². The SMILES string of the molecule is Cl.NCc1ccc(C(=O)N2CCOCC2CC(O)c2cccs2)cc1. The molecule has 3 rings (SSSR count). The molecular formula is C18H23ClN2O3S. The van der Waals surface area contributed by atoms with Crippen molar-refractivity contribution in [3.8, 4) is 0 Å². The zero-order valence-electron chi connectivity index (χ0n) is 13.8. The minimum atomic E-state index is -0.577. The zero-order chi connectivity index (χ0) is 16.9. The molecule has 1 aromatic heterocycles. The highest BCUT2D eigenvalue weighted by Gasteiger charge is 2.30. The molecule has 1 saturated heterocycles. The minimum Gasteiger partial charge on any atom is -0.387 e. The number of carbonyl (C=O) groups excluding carboxylic acids is 1. The quantitative estimate of drug-likeness (QED) is 0.833. The van der Waals surface area contributed by atoms with Gasteiger partial charge in [0.05, 0.1) is 25.4 Å². The fourth-order valence-electron chi connectivity index (χ4n) is 2.92. The van der Waals surface area contributed by atoms with Crippen LogP contribution in [0.15, 0.2) is 41.8 Å². The maximum absolute atomic E-state index is 12.8. The second kappa shape index (κ2) is 9.31. The summed E-state index contributed by atoms with van der Waals surface area (Å²) in [4.78, 5) is 15.6. The van der Waals surface area contributed by atoms with Crippen molar-refractivity contribution in [3.05, 3.63) is 57.8 Å². The molecular weight excluding hydrogens is 360 g/mol. The number of aliphatic hydroxyl groups is 1. The summed E-state index contributed by atoms with van der Waals surface area (Å²) >= 11 is 1.52. The second-order valence-corrected chi connectivity index (χ2v) is 6.87. The molecule has 25 heavy (non-hydrogen) atoms. The number of hydrogen-bond donors (Lipinski definition) is 2. The van der Waals surface area contributed by atoms with Gasteiger partial charge < -0.3 is 20.5 Å². The van der Waals surface area contributed by atoms with Crippen molar-refractivity contribution >= 4 is 29.7 Å². The van der Waals surface area contributed by atoms with Gasteiger partial charge in [0, 0.05) is 30.0 Å². The standard InChI is InChI=1S/C18H22N2O3S.ClH/c19-11-13-3-5-14(6-4-13)18(22)20-7-8-23-12-15(20)10-16(21)17-2-1-9-24-17;/h1-6,9,15-16,21H,7-8,10-12,19H2;1H. The molecule has 136 valence electrons. The Labute approximate surface area is 157 Å². The molecule has 2 aromatic rings. The number of morpholine rings is 1. The molecule has 0 radical (unpaired) electrons. The van der Waals surface area contributed by atoms with Gasteiger partial charge >= 0.3 is 0 Å². The molecule has 1 aromatic carbocycles. The molecule has 0 spiro atoms. The molecule has 3 N–H and O–H groups in total. The monoisotopic (exact) mass is 382 g/mol. The van der Waals surface area contributed by atoms with Crippen molar-refractivity contribution < 1.29 is 14.6 Å². The molecule has 0 bridgehead atoms. The van der Waals surface area contributed by atoms with Crippen LogP contribution in [-0.2, 0) is 11.3 Å². The molecule has 7 heteroatoms. The van der Waals surface area contributed by atoms with E-state index in [2.05, 4.69) is 0 Å². The second-order valence-electron chi connectivity index (χ2n) is 5.90. The molecule has 2 heterocycles. The van der Waals surface area contributed by atoms with Gasteiger partial charge in [-0.15, -0.1) is 23.7 Å². The molecule has 2 atom stereocenters. The number of benzene rings is 1. The zero-order valence-corrected chi connectivity index (χ0v) is 15.5. The summed E-state index contributed by atoms with van der Waals surface area (Å²) in [6.45, 7) is 1.98. The van der Waals surface area contributed by atoms with E-state index in [1.54, 1.807) is 0 Å². The summed E-state index contributed by atoms with van der Waals surface area (Å²) in [5, 5.41) is 12.3. The minimum absolute atomic E-state index is 0. The summed E-state index contributed by atoms with van der Waals surface area (Å²) < 4.78 is 5.54. The van der Waals surface area contributed by atoms with Gasteiger partial charge in [-0.25, -0.2) is 0 Å². The first-order valence-corrected chi connectivity index (χ1v) is 8.96. The van der Waals surface area contributed by atoms with E-state index in [0.717, 1.165) is 10.4 Å². The Balaban J connectivity index is 0.00000225. The van der Waals surface area contributed by atoms with Crippen molar-refractivity contribution in [2.24, 2.45) is 5.73 Å². The molecule has 1 aliphatic heterocycles. The summed E-state index contributed by atoms with van der Waals surface area (Å²) in [5.41, 5.74) is 7.24. The third-order valence-electron chi connectivity index (χ3n) is 4.29. The first kappa shape index (κ1) is 19.9. The van der Waals surface area contributed by atoms with Crippen LogP contribution in [0.1, 0.15) is 33.3 Å².